The Balaban J connectivity index is 1.74. The van der Waals surface area contributed by atoms with E-state index in [4.69, 9.17) is 5.11 Å². The van der Waals surface area contributed by atoms with Crippen molar-refractivity contribution in [1.82, 2.24) is 15.2 Å². The monoisotopic (exact) mass is 291 g/mol. The number of carbonyl (C=O) groups excluding carboxylic acids is 1. The number of carboxylic acids is 1. The van der Waals surface area contributed by atoms with E-state index in [9.17, 15) is 9.59 Å². The third-order valence-electron chi connectivity index (χ3n) is 4.05. The number of likely N-dealkylation sites (tertiary alicyclic amines) is 1. The molecule has 1 aliphatic heterocycles. The first-order chi connectivity index (χ1) is 10.0. The molecule has 2 N–H and O–H groups in total. The zero-order chi connectivity index (χ0) is 15.3. The molecule has 0 unspecified atom stereocenters. The molecule has 0 saturated carbocycles. The van der Waals surface area contributed by atoms with Gasteiger partial charge >= 0.3 is 12.0 Å². The van der Waals surface area contributed by atoms with E-state index in [0.29, 0.717) is 38.9 Å². The van der Waals surface area contributed by atoms with E-state index < -0.39 is 11.4 Å². The Bertz CT molecular complexity index is 496. The lowest BCUT2D eigenvalue weighted by molar-refractivity contribution is -0.150. The summed E-state index contributed by atoms with van der Waals surface area (Å²) in [6.45, 7) is 3.24. The minimum atomic E-state index is -0.780. The number of carbonyl (C=O) groups is 2. The largest absolute Gasteiger partial charge is 0.481 e. The first-order valence-corrected chi connectivity index (χ1v) is 7.17. The standard InChI is InChI=1S/C15H21N3O3/c1-15(13(19)20)6-10-18(11-7-15)14(21)17-9-5-12-4-2-3-8-16-12/h2-4,8H,5-7,9-11H2,1H3,(H,17,21)(H,19,20). The van der Waals surface area contributed by atoms with Crippen molar-refractivity contribution >= 4 is 12.0 Å². The van der Waals surface area contributed by atoms with Crippen LogP contribution in [0.2, 0.25) is 0 Å². The first-order valence-electron chi connectivity index (χ1n) is 7.17. The zero-order valence-corrected chi connectivity index (χ0v) is 12.2. The van der Waals surface area contributed by atoms with Crippen LogP contribution in [-0.2, 0) is 11.2 Å². The van der Waals surface area contributed by atoms with Crippen molar-refractivity contribution in [1.29, 1.82) is 0 Å². The maximum atomic E-state index is 12.0. The molecule has 21 heavy (non-hydrogen) atoms. The maximum absolute atomic E-state index is 12.0. The molecule has 1 aromatic rings. The number of aliphatic carboxylic acids is 1. The van der Waals surface area contributed by atoms with Crippen molar-refractivity contribution < 1.29 is 14.7 Å². The fourth-order valence-electron chi connectivity index (χ4n) is 2.37. The summed E-state index contributed by atoms with van der Waals surface area (Å²) in [5.74, 6) is -0.780. The number of rotatable bonds is 4. The van der Waals surface area contributed by atoms with Crippen LogP contribution in [-0.4, -0.2) is 46.6 Å². The molecule has 6 heteroatoms. The molecule has 6 nitrogen and oxygen atoms in total. The molecule has 0 aromatic carbocycles. The number of hydrogen-bond acceptors (Lipinski definition) is 3. The molecule has 2 amide bonds. The van der Waals surface area contributed by atoms with Gasteiger partial charge in [0.2, 0.25) is 0 Å². The molecule has 2 heterocycles. The number of urea groups is 1. The number of hydrogen-bond donors (Lipinski definition) is 2. The minimum Gasteiger partial charge on any atom is -0.481 e. The molecule has 1 aliphatic rings. The summed E-state index contributed by atoms with van der Waals surface area (Å²) in [7, 11) is 0. The van der Waals surface area contributed by atoms with Gasteiger partial charge in [-0.1, -0.05) is 6.07 Å². The van der Waals surface area contributed by atoms with Gasteiger partial charge in [0.25, 0.3) is 0 Å². The molecular weight excluding hydrogens is 270 g/mol. The van der Waals surface area contributed by atoms with E-state index in [1.54, 1.807) is 18.0 Å². The van der Waals surface area contributed by atoms with E-state index in [-0.39, 0.29) is 6.03 Å². The fourth-order valence-corrected chi connectivity index (χ4v) is 2.37. The van der Waals surface area contributed by atoms with E-state index in [0.717, 1.165) is 5.69 Å². The second-order valence-corrected chi connectivity index (χ2v) is 5.66. The van der Waals surface area contributed by atoms with Crippen molar-refractivity contribution in [2.75, 3.05) is 19.6 Å². The highest BCUT2D eigenvalue weighted by Crippen LogP contribution is 2.30. The molecular formula is C15H21N3O3. The van der Waals surface area contributed by atoms with Crippen LogP contribution in [0.4, 0.5) is 4.79 Å². The summed E-state index contributed by atoms with van der Waals surface area (Å²) in [5, 5.41) is 12.0. The lowest BCUT2D eigenvalue weighted by Gasteiger charge is -2.36. The van der Waals surface area contributed by atoms with Crippen molar-refractivity contribution in [2.24, 2.45) is 5.41 Å². The molecule has 0 aliphatic carbocycles. The summed E-state index contributed by atoms with van der Waals surface area (Å²) in [6, 6.07) is 5.57. The Labute approximate surface area is 124 Å². The van der Waals surface area contributed by atoms with Gasteiger partial charge in [-0.05, 0) is 31.9 Å². The highest BCUT2D eigenvalue weighted by molar-refractivity contribution is 5.76. The summed E-state index contributed by atoms with van der Waals surface area (Å²) in [4.78, 5) is 29.1. The first kappa shape index (κ1) is 15.3. The van der Waals surface area contributed by atoms with Gasteiger partial charge in [0.15, 0.2) is 0 Å². The Morgan fingerprint density at radius 3 is 2.67 bits per heavy atom. The zero-order valence-electron chi connectivity index (χ0n) is 12.2. The number of nitrogens with zero attached hydrogens (tertiary/aromatic N) is 2. The van der Waals surface area contributed by atoms with Crippen LogP contribution in [0.5, 0.6) is 0 Å². The van der Waals surface area contributed by atoms with Crippen molar-refractivity contribution in [3.63, 3.8) is 0 Å². The Hall–Kier alpha value is -2.11. The molecule has 0 bridgehead atoms. The predicted molar refractivity (Wildman–Crippen MR) is 77.9 cm³/mol. The van der Waals surface area contributed by atoms with Crippen LogP contribution in [0.15, 0.2) is 24.4 Å². The number of amides is 2. The summed E-state index contributed by atoms with van der Waals surface area (Å²) in [6.07, 6.45) is 3.41. The van der Waals surface area contributed by atoms with Crippen molar-refractivity contribution in [3.8, 4) is 0 Å². The maximum Gasteiger partial charge on any atom is 0.317 e. The van der Waals surface area contributed by atoms with E-state index in [1.165, 1.54) is 0 Å². The average Bonchev–Trinajstić information content (AvgIpc) is 2.49. The number of nitrogens with one attached hydrogen (secondary N) is 1. The molecule has 0 spiro atoms. The van der Waals surface area contributed by atoms with Crippen LogP contribution in [0, 0.1) is 5.41 Å². The number of pyridine rings is 1. The quantitative estimate of drug-likeness (QED) is 0.881. The van der Waals surface area contributed by atoms with Gasteiger partial charge in [0, 0.05) is 37.9 Å². The third kappa shape index (κ3) is 3.93. The van der Waals surface area contributed by atoms with E-state index in [2.05, 4.69) is 10.3 Å². The van der Waals surface area contributed by atoms with Crippen LogP contribution in [0.25, 0.3) is 0 Å². The van der Waals surface area contributed by atoms with Crippen LogP contribution < -0.4 is 5.32 Å². The Kier molecular flexibility index (Phi) is 4.77. The number of aromatic nitrogens is 1. The van der Waals surface area contributed by atoms with Gasteiger partial charge in [0.05, 0.1) is 5.41 Å². The summed E-state index contributed by atoms with van der Waals surface area (Å²) in [5.41, 5.74) is 0.236. The van der Waals surface area contributed by atoms with Crippen LogP contribution >= 0.6 is 0 Å². The smallest absolute Gasteiger partial charge is 0.317 e. The average molecular weight is 291 g/mol. The molecule has 1 fully saturated rings. The summed E-state index contributed by atoms with van der Waals surface area (Å²) >= 11 is 0. The van der Waals surface area contributed by atoms with Gasteiger partial charge in [0.1, 0.15) is 0 Å². The van der Waals surface area contributed by atoms with Crippen LogP contribution in [0.3, 0.4) is 0 Å². The van der Waals surface area contributed by atoms with E-state index >= 15 is 0 Å². The van der Waals surface area contributed by atoms with Gasteiger partial charge in [-0.3, -0.25) is 9.78 Å². The Morgan fingerprint density at radius 2 is 2.10 bits per heavy atom. The van der Waals surface area contributed by atoms with Gasteiger partial charge in [-0.2, -0.15) is 0 Å². The highest BCUT2D eigenvalue weighted by atomic mass is 16.4. The second-order valence-electron chi connectivity index (χ2n) is 5.66. The fraction of sp³-hybridized carbons (Fsp3) is 0.533. The Morgan fingerprint density at radius 1 is 1.38 bits per heavy atom. The lowest BCUT2D eigenvalue weighted by Crippen LogP contribution is -2.49. The molecule has 2 rings (SSSR count). The number of piperidine rings is 1. The minimum absolute atomic E-state index is 0.127. The predicted octanol–water partition coefficient (Wildman–Crippen LogP) is 1.52. The normalized spacial score (nSPS) is 17.3. The summed E-state index contributed by atoms with van der Waals surface area (Å²) < 4.78 is 0. The van der Waals surface area contributed by atoms with Gasteiger partial charge < -0.3 is 15.3 Å². The molecule has 0 radical (unpaired) electrons. The SMILES string of the molecule is CC1(C(=O)O)CCN(C(=O)NCCc2ccccn2)CC1. The van der Waals surface area contributed by atoms with Gasteiger partial charge in [-0.25, -0.2) is 4.79 Å². The molecule has 1 aromatic heterocycles. The molecule has 0 atom stereocenters. The number of carboxylic acid groups (broad SMARTS) is 1. The topological polar surface area (TPSA) is 82.5 Å². The lowest BCUT2D eigenvalue weighted by atomic mass is 9.80. The van der Waals surface area contributed by atoms with Crippen molar-refractivity contribution in [2.45, 2.75) is 26.2 Å². The van der Waals surface area contributed by atoms with Crippen LogP contribution in [0.1, 0.15) is 25.5 Å². The highest BCUT2D eigenvalue weighted by Gasteiger charge is 2.37. The van der Waals surface area contributed by atoms with Gasteiger partial charge in [-0.15, -0.1) is 0 Å². The van der Waals surface area contributed by atoms with Crippen molar-refractivity contribution in [3.05, 3.63) is 30.1 Å². The third-order valence-corrected chi connectivity index (χ3v) is 4.05. The van der Waals surface area contributed by atoms with E-state index in [1.807, 2.05) is 18.2 Å². The molecule has 114 valence electrons. The molecule has 1 saturated heterocycles. The second kappa shape index (κ2) is 6.56.